The third kappa shape index (κ3) is 2.90. The van der Waals surface area contributed by atoms with E-state index in [1.54, 1.807) is 6.07 Å². The van der Waals surface area contributed by atoms with Crippen molar-refractivity contribution in [3.63, 3.8) is 0 Å². The van der Waals surface area contributed by atoms with Crippen molar-refractivity contribution in [3.05, 3.63) is 40.2 Å². The van der Waals surface area contributed by atoms with Crippen LogP contribution in [-0.4, -0.2) is 21.8 Å². The molecule has 102 valence electrons. The molecule has 4 nitrogen and oxygen atoms in total. The number of aromatic nitrogens is 2. The molecule has 6 heteroatoms. The third-order valence-corrected chi connectivity index (χ3v) is 3.64. The highest BCUT2D eigenvalue weighted by Crippen LogP contribution is 2.30. The minimum atomic E-state index is -1.03. The summed E-state index contributed by atoms with van der Waals surface area (Å²) in [5.41, 5.74) is 0.944. The Morgan fingerprint density at radius 1 is 1.47 bits per heavy atom. The molecule has 0 fully saturated rings. The van der Waals surface area contributed by atoms with Crippen molar-refractivity contribution < 1.29 is 14.2 Å². The van der Waals surface area contributed by atoms with Gasteiger partial charge in [-0.05, 0) is 30.1 Å². The van der Waals surface area contributed by atoms with E-state index in [1.165, 1.54) is 19.2 Å². The molecule has 0 saturated carbocycles. The fourth-order valence-corrected chi connectivity index (χ4v) is 2.53. The van der Waals surface area contributed by atoms with Crippen molar-refractivity contribution in [1.29, 1.82) is 0 Å². The van der Waals surface area contributed by atoms with Crippen LogP contribution in [0, 0.1) is 5.82 Å². The second kappa shape index (κ2) is 6.08. The van der Waals surface area contributed by atoms with Crippen molar-refractivity contribution in [2.24, 2.45) is 0 Å². The highest BCUT2D eigenvalue weighted by atomic mass is 32.1. The molecule has 0 bridgehead atoms. The maximum Gasteiger partial charge on any atom is 0.133 e. The smallest absolute Gasteiger partial charge is 0.133 e. The van der Waals surface area contributed by atoms with Crippen LogP contribution >= 0.6 is 11.5 Å². The number of aryl methyl sites for hydroxylation is 1. The fraction of sp³-hybridized carbons (Fsp3) is 0.385. The van der Waals surface area contributed by atoms with Crippen LogP contribution in [0.3, 0.4) is 0 Å². The van der Waals surface area contributed by atoms with E-state index < -0.39 is 11.9 Å². The molecule has 0 amide bonds. The average molecular weight is 282 g/mol. The Morgan fingerprint density at radius 3 is 2.89 bits per heavy atom. The summed E-state index contributed by atoms with van der Waals surface area (Å²) in [6.45, 7) is 2.02. The van der Waals surface area contributed by atoms with E-state index in [-0.39, 0.29) is 5.56 Å². The minimum Gasteiger partial charge on any atom is -0.497 e. The van der Waals surface area contributed by atoms with Gasteiger partial charge >= 0.3 is 0 Å². The van der Waals surface area contributed by atoms with Crippen molar-refractivity contribution in [1.82, 2.24) is 9.59 Å². The second-order valence-corrected chi connectivity index (χ2v) is 4.91. The van der Waals surface area contributed by atoms with Gasteiger partial charge in [-0.3, -0.25) is 0 Å². The molecule has 19 heavy (non-hydrogen) atoms. The number of aliphatic hydroxyl groups is 1. The van der Waals surface area contributed by atoms with Gasteiger partial charge in [0.05, 0.1) is 17.7 Å². The predicted octanol–water partition coefficient (Wildman–Crippen LogP) is 2.72. The van der Waals surface area contributed by atoms with E-state index in [4.69, 9.17) is 4.74 Å². The first-order valence-corrected chi connectivity index (χ1v) is 6.77. The summed E-state index contributed by atoms with van der Waals surface area (Å²) in [7, 11) is 1.47. The molecule has 0 aliphatic heterocycles. The van der Waals surface area contributed by atoms with Crippen LogP contribution in [0.4, 0.5) is 4.39 Å². The van der Waals surface area contributed by atoms with E-state index in [1.807, 2.05) is 6.92 Å². The Labute approximate surface area is 115 Å². The van der Waals surface area contributed by atoms with Crippen molar-refractivity contribution in [2.75, 3.05) is 7.11 Å². The van der Waals surface area contributed by atoms with Gasteiger partial charge in [0.15, 0.2) is 0 Å². The summed E-state index contributed by atoms with van der Waals surface area (Å²) in [4.78, 5) is 0.603. The van der Waals surface area contributed by atoms with E-state index in [0.717, 1.165) is 30.1 Å². The lowest BCUT2D eigenvalue weighted by Gasteiger charge is -2.12. The normalized spacial score (nSPS) is 12.4. The molecule has 1 unspecified atom stereocenters. The Hall–Kier alpha value is -1.53. The maximum absolute atomic E-state index is 13.9. The van der Waals surface area contributed by atoms with Crippen LogP contribution in [0.25, 0.3) is 0 Å². The standard InChI is InChI=1S/C13H15FN2O2S/c1-3-4-11-13(19-16-15-11)12(17)9-6-5-8(18-2)7-10(9)14/h5-7,12,17H,3-4H2,1-2H3. The van der Waals surface area contributed by atoms with Gasteiger partial charge in [-0.1, -0.05) is 17.8 Å². The van der Waals surface area contributed by atoms with Gasteiger partial charge in [0.1, 0.15) is 17.7 Å². The number of hydrogen-bond donors (Lipinski definition) is 1. The van der Waals surface area contributed by atoms with Crippen LogP contribution in [-0.2, 0) is 6.42 Å². The van der Waals surface area contributed by atoms with Gasteiger partial charge in [-0.2, -0.15) is 0 Å². The van der Waals surface area contributed by atoms with E-state index in [0.29, 0.717) is 10.6 Å². The summed E-state index contributed by atoms with van der Waals surface area (Å²) in [6.07, 6.45) is 0.587. The first-order chi connectivity index (χ1) is 9.17. The summed E-state index contributed by atoms with van der Waals surface area (Å²) in [6, 6.07) is 4.40. The molecule has 0 saturated heterocycles. The van der Waals surface area contributed by atoms with Gasteiger partial charge in [0.25, 0.3) is 0 Å². The van der Waals surface area contributed by atoms with Gasteiger partial charge in [-0.15, -0.1) is 5.10 Å². The zero-order valence-corrected chi connectivity index (χ0v) is 11.6. The predicted molar refractivity (Wildman–Crippen MR) is 70.9 cm³/mol. The number of aliphatic hydroxyl groups excluding tert-OH is 1. The van der Waals surface area contributed by atoms with Crippen molar-refractivity contribution >= 4 is 11.5 Å². The highest BCUT2D eigenvalue weighted by molar-refractivity contribution is 7.05. The number of halogens is 1. The number of benzene rings is 1. The quantitative estimate of drug-likeness (QED) is 0.916. The van der Waals surface area contributed by atoms with E-state index >= 15 is 0 Å². The van der Waals surface area contributed by atoms with Crippen LogP contribution in [0.1, 0.15) is 35.6 Å². The minimum absolute atomic E-state index is 0.212. The Bertz CT molecular complexity index is 559. The molecule has 0 radical (unpaired) electrons. The molecule has 0 aliphatic rings. The average Bonchev–Trinajstić information content (AvgIpc) is 2.86. The van der Waals surface area contributed by atoms with Gasteiger partial charge in [0, 0.05) is 11.6 Å². The van der Waals surface area contributed by atoms with Gasteiger partial charge in [0.2, 0.25) is 0 Å². The van der Waals surface area contributed by atoms with E-state index in [9.17, 15) is 9.50 Å². The highest BCUT2D eigenvalue weighted by Gasteiger charge is 2.21. The lowest BCUT2D eigenvalue weighted by molar-refractivity contribution is 0.217. The molecule has 1 N–H and O–H groups in total. The molecule has 2 aromatic rings. The molecule has 1 heterocycles. The number of hydrogen-bond acceptors (Lipinski definition) is 5. The Kier molecular flexibility index (Phi) is 4.44. The van der Waals surface area contributed by atoms with Crippen molar-refractivity contribution in [3.8, 4) is 5.75 Å². The molecule has 1 aromatic carbocycles. The maximum atomic E-state index is 13.9. The van der Waals surface area contributed by atoms with Crippen molar-refractivity contribution in [2.45, 2.75) is 25.9 Å². The third-order valence-electron chi connectivity index (χ3n) is 2.82. The molecule has 0 spiro atoms. The summed E-state index contributed by atoms with van der Waals surface area (Å²) in [5.74, 6) is -0.0765. The SMILES string of the molecule is CCCc1nnsc1C(O)c1ccc(OC)cc1F. The zero-order chi connectivity index (χ0) is 13.8. The largest absolute Gasteiger partial charge is 0.497 e. The number of methoxy groups -OCH3 is 1. The van der Waals surface area contributed by atoms with Gasteiger partial charge in [-0.25, -0.2) is 4.39 Å². The lowest BCUT2D eigenvalue weighted by atomic mass is 10.0. The number of ether oxygens (including phenoxy) is 1. The summed E-state index contributed by atoms with van der Waals surface area (Å²) >= 11 is 1.10. The summed E-state index contributed by atoms with van der Waals surface area (Å²) < 4.78 is 22.7. The van der Waals surface area contributed by atoms with Crippen LogP contribution < -0.4 is 4.74 Å². The molecule has 1 atom stereocenters. The van der Waals surface area contributed by atoms with Crippen LogP contribution in [0.5, 0.6) is 5.75 Å². The first kappa shape index (κ1) is 13.9. The van der Waals surface area contributed by atoms with Crippen LogP contribution in [0.2, 0.25) is 0 Å². The first-order valence-electron chi connectivity index (χ1n) is 6.00. The van der Waals surface area contributed by atoms with Gasteiger partial charge < -0.3 is 9.84 Å². The molecule has 2 rings (SSSR count). The zero-order valence-electron chi connectivity index (χ0n) is 10.8. The summed E-state index contributed by atoms with van der Waals surface area (Å²) in [5, 5.41) is 14.3. The second-order valence-electron chi connectivity index (χ2n) is 4.12. The van der Waals surface area contributed by atoms with Crippen LogP contribution in [0.15, 0.2) is 18.2 Å². The monoisotopic (exact) mass is 282 g/mol. The molecular formula is C13H15FN2O2S. The molecule has 0 aliphatic carbocycles. The fourth-order valence-electron chi connectivity index (χ4n) is 1.83. The Balaban J connectivity index is 2.33. The molecule has 1 aromatic heterocycles. The topological polar surface area (TPSA) is 55.2 Å². The number of rotatable bonds is 5. The lowest BCUT2D eigenvalue weighted by Crippen LogP contribution is -2.04. The number of nitrogens with zero attached hydrogens (tertiary/aromatic N) is 2. The van der Waals surface area contributed by atoms with E-state index in [2.05, 4.69) is 9.59 Å². The molecular weight excluding hydrogens is 267 g/mol. The Morgan fingerprint density at radius 2 is 2.26 bits per heavy atom.